The molecule has 0 aliphatic rings. The Balaban J connectivity index is 2.59. The molecule has 1 aromatic heterocycles. The van der Waals surface area contributed by atoms with Gasteiger partial charge < -0.3 is 10.8 Å². The molecule has 0 radical (unpaired) electrons. The van der Waals surface area contributed by atoms with Crippen LogP contribution in [0.4, 0.5) is 5.13 Å². The minimum Gasteiger partial charge on any atom is -0.476 e. The lowest BCUT2D eigenvalue weighted by Gasteiger charge is -2.01. The predicted molar refractivity (Wildman–Crippen MR) is 71.6 cm³/mol. The molecule has 0 saturated carbocycles. The third-order valence-corrected chi connectivity index (χ3v) is 4.19. The number of carboxylic acid groups (broad SMARTS) is 1. The largest absolute Gasteiger partial charge is 0.476 e. The Morgan fingerprint density at radius 2 is 2.24 bits per heavy atom. The van der Waals surface area contributed by atoms with Crippen LogP contribution in [0.15, 0.2) is 22.7 Å². The van der Waals surface area contributed by atoms with E-state index in [2.05, 4.69) is 20.9 Å². The number of halogens is 2. The Morgan fingerprint density at radius 1 is 1.53 bits per heavy atom. The van der Waals surface area contributed by atoms with Gasteiger partial charge >= 0.3 is 5.97 Å². The second kappa shape index (κ2) is 4.64. The molecule has 0 spiro atoms. The second-order valence-corrected chi connectivity index (χ2v) is 5.46. The van der Waals surface area contributed by atoms with Crippen molar-refractivity contribution in [2.45, 2.75) is 0 Å². The summed E-state index contributed by atoms with van der Waals surface area (Å²) in [7, 11) is 0. The molecule has 0 fully saturated rings. The van der Waals surface area contributed by atoms with Crippen molar-refractivity contribution in [3.63, 3.8) is 0 Å². The number of aromatic nitrogens is 1. The number of anilines is 1. The molecule has 0 bridgehead atoms. The van der Waals surface area contributed by atoms with Gasteiger partial charge in [-0.25, -0.2) is 9.78 Å². The number of carboxylic acids is 1. The third kappa shape index (κ3) is 2.43. The van der Waals surface area contributed by atoms with Crippen LogP contribution in [0.5, 0.6) is 0 Å². The van der Waals surface area contributed by atoms with Gasteiger partial charge in [0, 0.05) is 4.47 Å². The highest BCUT2D eigenvalue weighted by Crippen LogP contribution is 2.35. The summed E-state index contributed by atoms with van der Waals surface area (Å²) >= 11 is 10.4. The summed E-state index contributed by atoms with van der Waals surface area (Å²) in [5, 5.41) is 9.73. The lowest BCUT2D eigenvalue weighted by atomic mass is 10.1. The SMILES string of the molecule is Nc1nc(C(=O)O)c(-c2ccc(Br)c(Cl)c2)s1. The molecule has 0 unspecified atom stereocenters. The molecular formula is C10H6BrClN2O2S. The van der Waals surface area contributed by atoms with Crippen molar-refractivity contribution in [1.29, 1.82) is 0 Å². The zero-order valence-electron chi connectivity index (χ0n) is 8.28. The molecule has 0 aliphatic carbocycles. The number of thiazole rings is 1. The molecule has 2 rings (SSSR count). The van der Waals surface area contributed by atoms with E-state index >= 15 is 0 Å². The minimum absolute atomic E-state index is 0.0501. The van der Waals surface area contributed by atoms with Gasteiger partial charge in [-0.15, -0.1) is 0 Å². The highest BCUT2D eigenvalue weighted by Gasteiger charge is 2.18. The minimum atomic E-state index is -1.10. The average molecular weight is 334 g/mol. The van der Waals surface area contributed by atoms with E-state index in [1.807, 2.05) is 0 Å². The van der Waals surface area contributed by atoms with Crippen molar-refractivity contribution < 1.29 is 9.90 Å². The van der Waals surface area contributed by atoms with Gasteiger partial charge in [-0.1, -0.05) is 29.0 Å². The number of hydrogen-bond acceptors (Lipinski definition) is 4. The summed E-state index contributed by atoms with van der Waals surface area (Å²) in [5.74, 6) is -1.10. The van der Waals surface area contributed by atoms with E-state index in [-0.39, 0.29) is 10.8 Å². The molecule has 2 aromatic rings. The first-order chi connectivity index (χ1) is 7.99. The molecular weight excluding hydrogens is 328 g/mol. The molecule has 1 aromatic carbocycles. The number of carbonyl (C=O) groups is 1. The summed E-state index contributed by atoms with van der Waals surface area (Å²) in [4.78, 5) is 15.3. The summed E-state index contributed by atoms with van der Waals surface area (Å²) in [6, 6.07) is 5.18. The van der Waals surface area contributed by atoms with Crippen LogP contribution in [0, 0.1) is 0 Å². The van der Waals surface area contributed by atoms with Crippen molar-refractivity contribution in [3.05, 3.63) is 33.4 Å². The van der Waals surface area contributed by atoms with Gasteiger partial charge in [0.2, 0.25) is 0 Å². The fraction of sp³-hybridized carbons (Fsp3) is 0. The van der Waals surface area contributed by atoms with Crippen molar-refractivity contribution in [1.82, 2.24) is 4.98 Å². The standard InChI is InChI=1S/C10H6BrClN2O2S/c11-5-2-1-4(3-6(5)12)8-7(9(15)16)14-10(13)17-8/h1-3H,(H2,13,14)(H,15,16). The first-order valence-corrected chi connectivity index (χ1v) is 6.43. The maximum Gasteiger partial charge on any atom is 0.356 e. The Kier molecular flexibility index (Phi) is 3.37. The summed E-state index contributed by atoms with van der Waals surface area (Å²) in [6.07, 6.45) is 0. The van der Waals surface area contributed by atoms with Gasteiger partial charge in [-0.05, 0) is 33.6 Å². The number of nitrogens with zero attached hydrogens (tertiary/aromatic N) is 1. The fourth-order valence-electron chi connectivity index (χ4n) is 1.31. The number of aromatic carboxylic acids is 1. The highest BCUT2D eigenvalue weighted by atomic mass is 79.9. The van der Waals surface area contributed by atoms with Gasteiger partial charge in [0.25, 0.3) is 0 Å². The second-order valence-electron chi connectivity index (χ2n) is 3.16. The molecule has 0 saturated heterocycles. The smallest absolute Gasteiger partial charge is 0.356 e. The Hall–Kier alpha value is -1.11. The molecule has 0 atom stereocenters. The first kappa shape index (κ1) is 12.3. The Morgan fingerprint density at radius 3 is 2.82 bits per heavy atom. The third-order valence-electron chi connectivity index (χ3n) is 2.03. The zero-order valence-corrected chi connectivity index (χ0v) is 11.4. The van der Waals surface area contributed by atoms with E-state index in [0.29, 0.717) is 15.5 Å². The van der Waals surface area contributed by atoms with E-state index in [4.69, 9.17) is 22.4 Å². The normalized spacial score (nSPS) is 10.5. The number of hydrogen-bond donors (Lipinski definition) is 2. The molecule has 17 heavy (non-hydrogen) atoms. The lowest BCUT2D eigenvalue weighted by Crippen LogP contribution is -1.99. The van der Waals surface area contributed by atoms with Crippen LogP contribution in [0.2, 0.25) is 5.02 Å². The van der Waals surface area contributed by atoms with E-state index < -0.39 is 5.97 Å². The topological polar surface area (TPSA) is 76.2 Å². The van der Waals surface area contributed by atoms with E-state index in [9.17, 15) is 4.79 Å². The van der Waals surface area contributed by atoms with Crippen LogP contribution in [0.25, 0.3) is 10.4 Å². The maximum atomic E-state index is 11.0. The fourth-order valence-corrected chi connectivity index (χ4v) is 2.56. The van der Waals surface area contributed by atoms with E-state index in [1.165, 1.54) is 0 Å². The molecule has 0 aliphatic heterocycles. The van der Waals surface area contributed by atoms with Gasteiger partial charge in [-0.2, -0.15) is 0 Å². The summed E-state index contributed by atoms with van der Waals surface area (Å²) < 4.78 is 0.747. The number of nitrogen functional groups attached to an aromatic ring is 1. The van der Waals surface area contributed by atoms with Gasteiger partial charge in [0.1, 0.15) is 0 Å². The Bertz CT molecular complexity index is 600. The van der Waals surface area contributed by atoms with Gasteiger partial charge in [0.15, 0.2) is 10.8 Å². The number of nitrogens with two attached hydrogens (primary N) is 1. The first-order valence-electron chi connectivity index (χ1n) is 4.44. The van der Waals surface area contributed by atoms with Crippen LogP contribution in [0.1, 0.15) is 10.5 Å². The molecule has 3 N–H and O–H groups in total. The van der Waals surface area contributed by atoms with Crippen molar-refractivity contribution >= 4 is 50.0 Å². The van der Waals surface area contributed by atoms with E-state index in [1.54, 1.807) is 18.2 Å². The van der Waals surface area contributed by atoms with Crippen LogP contribution in [-0.4, -0.2) is 16.1 Å². The predicted octanol–water partition coefficient (Wildman–Crippen LogP) is 3.51. The van der Waals surface area contributed by atoms with Gasteiger partial charge in [0.05, 0.1) is 9.90 Å². The average Bonchev–Trinajstić information content (AvgIpc) is 2.64. The molecule has 0 amide bonds. The molecule has 1 heterocycles. The van der Waals surface area contributed by atoms with Crippen LogP contribution < -0.4 is 5.73 Å². The quantitative estimate of drug-likeness (QED) is 0.882. The van der Waals surface area contributed by atoms with E-state index in [0.717, 1.165) is 15.8 Å². The van der Waals surface area contributed by atoms with Crippen LogP contribution in [-0.2, 0) is 0 Å². The van der Waals surface area contributed by atoms with Crippen molar-refractivity contribution in [3.8, 4) is 10.4 Å². The van der Waals surface area contributed by atoms with Gasteiger partial charge in [-0.3, -0.25) is 0 Å². The number of benzene rings is 1. The Labute approximate surface area is 114 Å². The molecule has 88 valence electrons. The van der Waals surface area contributed by atoms with Crippen molar-refractivity contribution in [2.75, 3.05) is 5.73 Å². The summed E-state index contributed by atoms with van der Waals surface area (Å²) in [5.41, 5.74) is 6.16. The highest BCUT2D eigenvalue weighted by molar-refractivity contribution is 9.10. The zero-order chi connectivity index (χ0) is 12.6. The maximum absolute atomic E-state index is 11.0. The van der Waals surface area contributed by atoms with Crippen LogP contribution >= 0.6 is 38.9 Å². The number of rotatable bonds is 2. The lowest BCUT2D eigenvalue weighted by molar-refractivity contribution is 0.0692. The monoisotopic (exact) mass is 332 g/mol. The van der Waals surface area contributed by atoms with Crippen LogP contribution in [0.3, 0.4) is 0 Å². The molecule has 7 heteroatoms. The summed E-state index contributed by atoms with van der Waals surface area (Å²) in [6.45, 7) is 0. The van der Waals surface area contributed by atoms with Crippen molar-refractivity contribution in [2.24, 2.45) is 0 Å². The molecule has 4 nitrogen and oxygen atoms in total.